The fraction of sp³-hybridized carbons (Fsp3) is 0.211. The van der Waals surface area contributed by atoms with Gasteiger partial charge in [-0.05, 0) is 29.9 Å². The van der Waals surface area contributed by atoms with Crippen LogP contribution in [0.5, 0.6) is 0 Å². The summed E-state index contributed by atoms with van der Waals surface area (Å²) in [6, 6.07) is 12.4. The molecule has 4 rings (SSSR count). The Kier molecular flexibility index (Phi) is 4.74. The summed E-state index contributed by atoms with van der Waals surface area (Å²) in [6.07, 6.45) is 4.85. The van der Waals surface area contributed by atoms with Gasteiger partial charge in [-0.1, -0.05) is 40.2 Å². The number of pyridine rings is 1. The van der Waals surface area contributed by atoms with E-state index in [1.165, 1.54) is 16.8 Å². The van der Waals surface area contributed by atoms with E-state index in [1.54, 1.807) is 0 Å². The number of aromatic nitrogens is 3. The maximum Gasteiger partial charge on any atom is 0.196 e. The minimum absolute atomic E-state index is 0.569. The minimum Gasteiger partial charge on any atom is -0.334 e. The predicted octanol–water partition coefficient (Wildman–Crippen LogP) is 4.52. The van der Waals surface area contributed by atoms with Crippen LogP contribution in [0.25, 0.3) is 11.3 Å². The number of hydrogen-bond acceptors (Lipinski definition) is 4. The lowest BCUT2D eigenvalue weighted by molar-refractivity contribution is 0.242. The van der Waals surface area contributed by atoms with Gasteiger partial charge in [0.05, 0.1) is 5.69 Å². The average Bonchev–Trinajstić information content (AvgIpc) is 2.63. The molecule has 0 fully saturated rings. The Bertz CT molecular complexity index is 952. The van der Waals surface area contributed by atoms with Crippen molar-refractivity contribution in [3.63, 3.8) is 0 Å². The van der Waals surface area contributed by atoms with E-state index in [9.17, 15) is 0 Å². The lowest BCUT2D eigenvalue weighted by Crippen LogP contribution is -2.30. The first kappa shape index (κ1) is 16.6. The molecule has 2 aromatic heterocycles. The molecule has 3 aromatic rings. The van der Waals surface area contributed by atoms with E-state index in [0.29, 0.717) is 4.77 Å². The summed E-state index contributed by atoms with van der Waals surface area (Å²) in [6.45, 7) is 2.78. The highest BCUT2D eigenvalue weighted by molar-refractivity contribution is 9.10. The first-order valence-electron chi connectivity index (χ1n) is 8.18. The van der Waals surface area contributed by atoms with Crippen molar-refractivity contribution in [3.8, 4) is 11.3 Å². The zero-order chi connectivity index (χ0) is 17.2. The third-order valence-electron chi connectivity index (χ3n) is 4.44. The maximum absolute atomic E-state index is 5.10. The molecule has 4 nitrogen and oxygen atoms in total. The van der Waals surface area contributed by atoms with Gasteiger partial charge in [-0.15, -0.1) is 0 Å². The van der Waals surface area contributed by atoms with Gasteiger partial charge in [0.1, 0.15) is 0 Å². The van der Waals surface area contributed by atoms with Crippen LogP contribution in [-0.4, -0.2) is 26.4 Å². The van der Waals surface area contributed by atoms with Gasteiger partial charge in [0, 0.05) is 59.7 Å². The molecule has 0 radical (unpaired) electrons. The van der Waals surface area contributed by atoms with Gasteiger partial charge >= 0.3 is 0 Å². The van der Waals surface area contributed by atoms with Crippen molar-refractivity contribution in [2.75, 3.05) is 6.54 Å². The zero-order valence-electron chi connectivity index (χ0n) is 13.6. The van der Waals surface area contributed by atoms with Crippen molar-refractivity contribution >= 4 is 28.1 Å². The Labute approximate surface area is 160 Å². The van der Waals surface area contributed by atoms with Gasteiger partial charge in [0.15, 0.2) is 4.77 Å². The number of benzene rings is 1. The molecular weight excluding hydrogens is 396 g/mol. The molecule has 3 heterocycles. The SMILES string of the molecule is S=c1ncc2c([nH]1)CCN(Cc1ccc(-c3ccccc3Br)nc1)C2. The van der Waals surface area contributed by atoms with E-state index in [2.05, 4.69) is 54.0 Å². The second kappa shape index (κ2) is 7.15. The quantitative estimate of drug-likeness (QED) is 0.642. The number of halogens is 1. The number of nitrogens with one attached hydrogen (secondary N) is 1. The van der Waals surface area contributed by atoms with Gasteiger partial charge < -0.3 is 4.98 Å². The van der Waals surface area contributed by atoms with Crippen LogP contribution in [0.4, 0.5) is 0 Å². The summed E-state index contributed by atoms with van der Waals surface area (Å²) in [5.41, 5.74) is 5.77. The maximum atomic E-state index is 5.10. The standard InChI is InChI=1S/C19H17BrN4S/c20-16-4-2-1-3-15(16)18-6-5-13(9-21-18)11-24-8-7-17-14(12-24)10-22-19(25)23-17/h1-6,9-10H,7-8,11-12H2,(H,22,23,25). The van der Waals surface area contributed by atoms with E-state index in [0.717, 1.165) is 41.8 Å². The van der Waals surface area contributed by atoms with Crippen LogP contribution in [0.1, 0.15) is 16.8 Å². The topological polar surface area (TPSA) is 44.8 Å². The number of H-pyrrole nitrogens is 1. The molecular formula is C19H17BrN4S. The van der Waals surface area contributed by atoms with Gasteiger partial charge in [-0.3, -0.25) is 9.88 Å². The van der Waals surface area contributed by atoms with Crippen LogP contribution in [0, 0.1) is 4.77 Å². The first-order chi connectivity index (χ1) is 12.2. The van der Waals surface area contributed by atoms with E-state index in [4.69, 9.17) is 12.2 Å². The molecule has 0 bridgehead atoms. The highest BCUT2D eigenvalue weighted by Gasteiger charge is 2.17. The second-order valence-electron chi connectivity index (χ2n) is 6.18. The van der Waals surface area contributed by atoms with E-state index in [-0.39, 0.29) is 0 Å². The fourth-order valence-electron chi connectivity index (χ4n) is 3.14. The molecule has 126 valence electrons. The van der Waals surface area contributed by atoms with E-state index < -0.39 is 0 Å². The molecule has 1 aliphatic heterocycles. The Balaban J connectivity index is 1.48. The average molecular weight is 413 g/mol. The molecule has 0 atom stereocenters. The van der Waals surface area contributed by atoms with Crippen molar-refractivity contribution < 1.29 is 0 Å². The smallest absolute Gasteiger partial charge is 0.196 e. The molecule has 1 aliphatic rings. The fourth-order valence-corrected chi connectivity index (χ4v) is 3.81. The highest BCUT2D eigenvalue weighted by Crippen LogP contribution is 2.26. The molecule has 25 heavy (non-hydrogen) atoms. The monoisotopic (exact) mass is 412 g/mol. The summed E-state index contributed by atoms with van der Waals surface area (Å²) >= 11 is 8.69. The molecule has 0 saturated carbocycles. The third kappa shape index (κ3) is 3.71. The van der Waals surface area contributed by atoms with Crippen molar-refractivity contribution in [2.45, 2.75) is 19.5 Å². The first-order valence-corrected chi connectivity index (χ1v) is 9.38. The van der Waals surface area contributed by atoms with E-state index >= 15 is 0 Å². The number of aromatic amines is 1. The number of rotatable bonds is 3. The molecule has 1 N–H and O–H groups in total. The zero-order valence-corrected chi connectivity index (χ0v) is 16.0. The summed E-state index contributed by atoms with van der Waals surface area (Å²) < 4.78 is 1.63. The van der Waals surface area contributed by atoms with Gasteiger partial charge in [0.2, 0.25) is 0 Å². The predicted molar refractivity (Wildman–Crippen MR) is 105 cm³/mol. The van der Waals surface area contributed by atoms with Crippen molar-refractivity contribution in [2.24, 2.45) is 0 Å². The minimum atomic E-state index is 0.569. The third-order valence-corrected chi connectivity index (χ3v) is 5.33. The molecule has 0 spiro atoms. The molecule has 1 aromatic carbocycles. The largest absolute Gasteiger partial charge is 0.334 e. The van der Waals surface area contributed by atoms with Gasteiger partial charge in [0.25, 0.3) is 0 Å². The molecule has 0 amide bonds. The number of fused-ring (bicyclic) bond motifs is 1. The Morgan fingerprint density at radius 2 is 2.00 bits per heavy atom. The Morgan fingerprint density at radius 3 is 2.80 bits per heavy atom. The summed E-state index contributed by atoms with van der Waals surface area (Å²) in [5, 5.41) is 0. The van der Waals surface area contributed by atoms with Crippen molar-refractivity contribution in [1.82, 2.24) is 19.9 Å². The van der Waals surface area contributed by atoms with E-state index in [1.807, 2.05) is 30.6 Å². The Morgan fingerprint density at radius 1 is 1.12 bits per heavy atom. The lowest BCUT2D eigenvalue weighted by Gasteiger charge is -2.28. The second-order valence-corrected chi connectivity index (χ2v) is 7.43. The van der Waals surface area contributed by atoms with Crippen LogP contribution in [-0.2, 0) is 19.5 Å². The summed E-state index contributed by atoms with van der Waals surface area (Å²) in [7, 11) is 0. The van der Waals surface area contributed by atoms with Crippen LogP contribution in [0.15, 0.2) is 53.3 Å². The lowest BCUT2D eigenvalue weighted by atomic mass is 10.1. The Hall–Kier alpha value is -1.89. The summed E-state index contributed by atoms with van der Waals surface area (Å²) in [5.74, 6) is 0. The molecule has 0 unspecified atom stereocenters. The van der Waals surface area contributed by atoms with Crippen molar-refractivity contribution in [3.05, 3.63) is 74.9 Å². The number of hydrogen-bond donors (Lipinski definition) is 1. The molecule has 0 aliphatic carbocycles. The highest BCUT2D eigenvalue weighted by atomic mass is 79.9. The normalized spacial score (nSPS) is 14.3. The van der Waals surface area contributed by atoms with Crippen LogP contribution in [0.3, 0.4) is 0 Å². The number of nitrogens with zero attached hydrogens (tertiary/aromatic N) is 3. The van der Waals surface area contributed by atoms with Gasteiger partial charge in [-0.2, -0.15) is 0 Å². The molecule has 6 heteroatoms. The van der Waals surface area contributed by atoms with Crippen LogP contribution < -0.4 is 0 Å². The summed E-state index contributed by atoms with van der Waals surface area (Å²) in [4.78, 5) is 14.5. The van der Waals surface area contributed by atoms with Gasteiger partial charge in [-0.25, -0.2) is 4.98 Å². The molecule has 0 saturated heterocycles. The van der Waals surface area contributed by atoms with Crippen molar-refractivity contribution in [1.29, 1.82) is 0 Å². The van der Waals surface area contributed by atoms with Crippen LogP contribution in [0.2, 0.25) is 0 Å². The van der Waals surface area contributed by atoms with Crippen LogP contribution >= 0.6 is 28.1 Å².